The lowest BCUT2D eigenvalue weighted by molar-refractivity contribution is -0.132. The molecule has 0 amide bonds. The van der Waals surface area contributed by atoms with Gasteiger partial charge in [0, 0.05) is 43.0 Å². The summed E-state index contributed by atoms with van der Waals surface area (Å²) in [6.45, 7) is 9.82. The number of hydrogen-bond acceptors (Lipinski definition) is 11. The summed E-state index contributed by atoms with van der Waals surface area (Å²) in [7, 11) is 6.82. The number of carbonyl (C=O) groups is 3. The number of esters is 3. The predicted molar refractivity (Wildman–Crippen MR) is 467 cm³/mol. The van der Waals surface area contributed by atoms with Crippen LogP contribution in [-0.4, -0.2) is 46.3 Å². The molecular weight excluding hydrogens is 1450 g/mol. The Balaban J connectivity index is 0.000000127. The second-order valence-electron chi connectivity index (χ2n) is 27.9. The Hall–Kier alpha value is -13.4. The third kappa shape index (κ3) is 23.6. The van der Waals surface area contributed by atoms with E-state index in [9.17, 15) is 23.2 Å². The molecule has 0 atom stereocenters. The Bertz CT molecular complexity index is 5540. The molecule has 0 saturated heterocycles. The van der Waals surface area contributed by atoms with Crippen LogP contribution in [0.3, 0.4) is 0 Å². The van der Waals surface area contributed by atoms with Crippen LogP contribution >= 0.6 is 0 Å². The standard InChI is InChI=1S/C12H12O.3C11H10O2.4C10H10O.2C9H7F/c1-9(2)13-12-8-4-6-10-5-3-7-11(10)12;1-8(12)13-11-7-3-5-9-4-2-6-10(9)11;2*1-8(12)13-11-6-5-9-3-2-4-10(9)7-11;2*1-11-10-7-3-5-8-4-2-6-9(8)10;2*1-11-10-6-5-8-3-2-4-9(8)7-10;10-9-6-2-4-7-3-1-5-8(7)9;10-9-5-4-7-2-1-3-8(7)6-9/h3-4,6-8H,1,5H2,2H3;2-5,7H,6H2,1H3;2,4-7H,3H2,1H3;2-3,5-7H,4H2,1H3;2-3,5-7H,4H2,1H3;2-5,7H,6H2,1H3;2,4-7H,3H2,1H3;2-3,5-7H,4H2,1H3;1-4,6H,5H2;1-2,4-6H,3H2. The Morgan fingerprint density at radius 3 is 1.15 bits per heavy atom. The van der Waals surface area contributed by atoms with E-state index in [4.69, 9.17) is 37.9 Å². The van der Waals surface area contributed by atoms with E-state index >= 15 is 0 Å². The van der Waals surface area contributed by atoms with Gasteiger partial charge in [0.1, 0.15) is 57.6 Å². The Morgan fingerprint density at radius 2 is 0.629 bits per heavy atom. The monoisotopic (exact) mass is 1550 g/mol. The van der Waals surface area contributed by atoms with Gasteiger partial charge in [-0.05, 0) is 251 Å². The molecule has 0 heterocycles. The average Bonchev–Trinajstić information content (AvgIpc) is 1.63. The maximum atomic E-state index is 12.9. The molecular formula is C103H96F2O11. The second-order valence-corrected chi connectivity index (χ2v) is 27.9. The lowest BCUT2D eigenvalue weighted by Gasteiger charge is -2.08. The molecule has 10 aromatic carbocycles. The third-order valence-corrected chi connectivity index (χ3v) is 19.6. The third-order valence-electron chi connectivity index (χ3n) is 19.6. The van der Waals surface area contributed by atoms with Crippen LogP contribution in [0.15, 0.2) is 255 Å². The van der Waals surface area contributed by atoms with Crippen LogP contribution in [0.4, 0.5) is 8.78 Å². The van der Waals surface area contributed by atoms with Gasteiger partial charge < -0.3 is 37.9 Å². The maximum absolute atomic E-state index is 12.9. The van der Waals surface area contributed by atoms with Crippen LogP contribution in [0.25, 0.3) is 60.8 Å². The largest absolute Gasteiger partial charge is 0.497 e. The number of rotatable bonds is 9. The van der Waals surface area contributed by atoms with Crippen molar-refractivity contribution in [1.82, 2.24) is 0 Å². The van der Waals surface area contributed by atoms with Crippen LogP contribution in [0.5, 0.6) is 46.0 Å². The number of benzene rings is 10. The maximum Gasteiger partial charge on any atom is 0.308 e. The second kappa shape index (κ2) is 41.9. The summed E-state index contributed by atoms with van der Waals surface area (Å²) in [6, 6.07) is 58.0. The normalized spacial score (nSPS) is 13.1. The van der Waals surface area contributed by atoms with E-state index in [-0.39, 0.29) is 29.5 Å². The summed E-state index contributed by atoms with van der Waals surface area (Å²) in [6.07, 6.45) is 51.5. The molecule has 0 aromatic heterocycles. The summed E-state index contributed by atoms with van der Waals surface area (Å²) in [4.78, 5) is 32.1. The summed E-state index contributed by atoms with van der Waals surface area (Å²) in [5.74, 6) is 6.44. The first-order valence-corrected chi connectivity index (χ1v) is 38.7. The number of ether oxygens (including phenoxy) is 8. The van der Waals surface area contributed by atoms with Crippen molar-refractivity contribution in [2.45, 2.75) is 91.9 Å². The molecule has 10 aliphatic rings. The fourth-order valence-corrected chi connectivity index (χ4v) is 14.1. The highest BCUT2D eigenvalue weighted by Gasteiger charge is 2.17. The van der Waals surface area contributed by atoms with Gasteiger partial charge in [0.25, 0.3) is 0 Å². The first-order valence-electron chi connectivity index (χ1n) is 38.7. The van der Waals surface area contributed by atoms with Gasteiger partial charge in [0.2, 0.25) is 0 Å². The molecule has 0 N–H and O–H groups in total. The van der Waals surface area contributed by atoms with Gasteiger partial charge in [0.15, 0.2) is 0 Å². The molecule has 0 saturated carbocycles. The van der Waals surface area contributed by atoms with Crippen molar-refractivity contribution in [3.8, 4) is 46.0 Å². The highest BCUT2D eigenvalue weighted by Crippen LogP contribution is 2.35. The fourth-order valence-electron chi connectivity index (χ4n) is 14.1. The Kier molecular flexibility index (Phi) is 30.2. The number of halogens is 2. The fraction of sp³-hybridized carbons (Fsp3) is 0.175. The average molecular weight is 1550 g/mol. The quantitative estimate of drug-likeness (QED) is 0.0779. The lowest BCUT2D eigenvalue weighted by atomic mass is 10.1. The van der Waals surface area contributed by atoms with E-state index in [2.05, 4.69) is 134 Å². The minimum Gasteiger partial charge on any atom is -0.497 e. The van der Waals surface area contributed by atoms with Crippen molar-refractivity contribution in [3.05, 3.63) is 378 Å². The van der Waals surface area contributed by atoms with E-state index < -0.39 is 0 Å². The molecule has 588 valence electrons. The summed E-state index contributed by atoms with van der Waals surface area (Å²) in [5, 5.41) is 0. The van der Waals surface area contributed by atoms with Crippen LogP contribution in [0.1, 0.15) is 139 Å². The van der Waals surface area contributed by atoms with E-state index in [1.165, 1.54) is 105 Å². The van der Waals surface area contributed by atoms with Gasteiger partial charge >= 0.3 is 17.9 Å². The van der Waals surface area contributed by atoms with Crippen molar-refractivity contribution < 1.29 is 61.1 Å². The minimum atomic E-state index is -0.276. The van der Waals surface area contributed by atoms with E-state index in [1.54, 1.807) is 40.6 Å². The zero-order chi connectivity index (χ0) is 81.7. The van der Waals surface area contributed by atoms with Crippen molar-refractivity contribution in [2.75, 3.05) is 28.4 Å². The van der Waals surface area contributed by atoms with E-state index in [0.29, 0.717) is 17.2 Å². The zero-order valence-electron chi connectivity index (χ0n) is 66.9. The number of carbonyl (C=O) groups excluding carboxylic acids is 3. The summed E-state index contributed by atoms with van der Waals surface area (Å²) in [5.41, 5.74) is 24.4. The number of hydrogen-bond donors (Lipinski definition) is 0. The van der Waals surface area contributed by atoms with Gasteiger partial charge in [-0.3, -0.25) is 14.4 Å². The van der Waals surface area contributed by atoms with Crippen molar-refractivity contribution >= 4 is 78.7 Å². The van der Waals surface area contributed by atoms with Crippen LogP contribution in [-0.2, 0) is 78.6 Å². The van der Waals surface area contributed by atoms with Crippen molar-refractivity contribution in [1.29, 1.82) is 0 Å². The van der Waals surface area contributed by atoms with E-state index in [1.807, 2.05) is 159 Å². The number of allylic oxidation sites excluding steroid dienone is 11. The molecule has 0 radical (unpaired) electrons. The van der Waals surface area contributed by atoms with Gasteiger partial charge in [-0.1, -0.05) is 219 Å². The molecule has 0 unspecified atom stereocenters. The first-order chi connectivity index (χ1) is 56.4. The molecule has 10 aromatic rings. The van der Waals surface area contributed by atoms with Crippen LogP contribution < -0.4 is 37.9 Å². The molecule has 11 nitrogen and oxygen atoms in total. The van der Waals surface area contributed by atoms with Crippen LogP contribution in [0, 0.1) is 11.6 Å². The number of methoxy groups -OCH3 is 4. The molecule has 13 heteroatoms. The molecule has 0 spiro atoms. The molecule has 116 heavy (non-hydrogen) atoms. The first kappa shape index (κ1) is 83.5. The number of fused-ring (bicyclic) bond motifs is 10. The van der Waals surface area contributed by atoms with Crippen molar-refractivity contribution in [2.24, 2.45) is 0 Å². The predicted octanol–water partition coefficient (Wildman–Crippen LogP) is 23.6. The molecule has 0 bridgehead atoms. The highest BCUT2D eigenvalue weighted by molar-refractivity contribution is 5.75. The molecule has 0 fully saturated rings. The van der Waals surface area contributed by atoms with Gasteiger partial charge in [-0.15, -0.1) is 0 Å². The summed E-state index contributed by atoms with van der Waals surface area (Å²) < 4.78 is 66.6. The highest BCUT2D eigenvalue weighted by atomic mass is 19.1. The van der Waals surface area contributed by atoms with Crippen LogP contribution in [0.2, 0.25) is 0 Å². The van der Waals surface area contributed by atoms with Gasteiger partial charge in [-0.2, -0.15) is 0 Å². The lowest BCUT2D eigenvalue weighted by Crippen LogP contribution is -2.03. The smallest absolute Gasteiger partial charge is 0.308 e. The zero-order valence-corrected chi connectivity index (χ0v) is 66.9. The molecule has 10 aliphatic carbocycles. The van der Waals surface area contributed by atoms with Gasteiger partial charge in [0.05, 0.1) is 34.2 Å². The van der Waals surface area contributed by atoms with E-state index in [0.717, 1.165) is 138 Å². The molecule has 0 aliphatic heterocycles. The van der Waals surface area contributed by atoms with Gasteiger partial charge in [-0.25, -0.2) is 8.78 Å². The van der Waals surface area contributed by atoms with Crippen molar-refractivity contribution in [3.63, 3.8) is 0 Å². The Labute approximate surface area is 680 Å². The topological polar surface area (TPSA) is 125 Å². The SMILES string of the molecule is C=C(C)Oc1cccc2c1C=CC2.CC(=O)Oc1ccc2c(c1)C=CC2.CC(=O)Oc1ccc2c(c1)CC=C2.CC(=O)Oc1cccc2c1CC=C2.COc1ccc2c(c1)C=CC2.COc1ccc2c(c1)CC=C2.COc1cccc2c1C=CC2.COc1cccc2c1CC=C2.Fc1ccc2c(c1)CC=C2.Fc1cccc2c1CC=C2. The molecule has 20 rings (SSSR count). The Morgan fingerprint density at radius 1 is 0.276 bits per heavy atom. The minimum absolute atomic E-state index is 0.0810. The summed E-state index contributed by atoms with van der Waals surface area (Å²) >= 11 is 0.